The lowest BCUT2D eigenvalue weighted by Gasteiger charge is -2.41. The highest BCUT2D eigenvalue weighted by atomic mass is 16.4. The Balaban J connectivity index is 2.22. The minimum atomic E-state index is -1.07. The van der Waals surface area contributed by atoms with Gasteiger partial charge in [-0.05, 0) is 36.8 Å². The van der Waals surface area contributed by atoms with Crippen molar-refractivity contribution in [1.82, 2.24) is 0 Å². The first kappa shape index (κ1) is 15.5. The maximum absolute atomic E-state index is 12.6. The number of nitrogens with one attached hydrogen (secondary N) is 1. The number of benzene rings is 1. The second kappa shape index (κ2) is 5.17. The number of carbonyl (C=O) groups is 2. The number of carboxylic acids is 1. The van der Waals surface area contributed by atoms with Crippen molar-refractivity contribution in [3.63, 3.8) is 0 Å². The molecule has 1 aliphatic rings. The molecule has 0 aromatic heterocycles. The van der Waals surface area contributed by atoms with Gasteiger partial charge in [-0.2, -0.15) is 0 Å². The Morgan fingerprint density at radius 1 is 1.24 bits per heavy atom. The second-order valence-electron chi connectivity index (χ2n) is 6.74. The van der Waals surface area contributed by atoms with Crippen LogP contribution in [0.2, 0.25) is 0 Å². The third-order valence-electron chi connectivity index (χ3n) is 5.40. The van der Waals surface area contributed by atoms with Crippen LogP contribution in [0.5, 0.6) is 0 Å². The third-order valence-corrected chi connectivity index (χ3v) is 5.40. The number of carboxylic acid groups (broad SMARTS) is 1. The summed E-state index contributed by atoms with van der Waals surface area (Å²) >= 11 is 0. The molecule has 4 heteroatoms. The number of amides is 1. The zero-order valence-corrected chi connectivity index (χ0v) is 13.0. The number of rotatable bonds is 3. The molecule has 114 valence electrons. The smallest absolute Gasteiger partial charge is 0.228 e. The number of hydrogen-bond donors (Lipinski definition) is 1. The molecule has 1 amide bonds. The molecule has 0 heterocycles. The van der Waals surface area contributed by atoms with E-state index in [1.54, 1.807) is 6.92 Å². The summed E-state index contributed by atoms with van der Waals surface area (Å²) in [4.78, 5) is 24.0. The highest BCUT2D eigenvalue weighted by Crippen LogP contribution is 2.55. The summed E-state index contributed by atoms with van der Waals surface area (Å²) in [6, 6.07) is 7.57. The van der Waals surface area contributed by atoms with Gasteiger partial charge in [0.2, 0.25) is 5.91 Å². The number of aliphatic carboxylic acids is 1. The summed E-state index contributed by atoms with van der Waals surface area (Å²) in [5.41, 5.74) is 0.156. The number of aryl methyl sites for hydroxylation is 1. The van der Waals surface area contributed by atoms with Crippen LogP contribution in [-0.2, 0) is 9.59 Å². The summed E-state index contributed by atoms with van der Waals surface area (Å²) in [5, 5.41) is 14.4. The first-order chi connectivity index (χ1) is 9.70. The van der Waals surface area contributed by atoms with E-state index in [0.717, 1.165) is 11.3 Å². The molecule has 21 heavy (non-hydrogen) atoms. The van der Waals surface area contributed by atoms with Gasteiger partial charge < -0.3 is 15.2 Å². The average molecular weight is 288 g/mol. The van der Waals surface area contributed by atoms with Gasteiger partial charge in [-0.1, -0.05) is 39.0 Å². The van der Waals surface area contributed by atoms with Gasteiger partial charge in [0.25, 0.3) is 0 Å². The van der Waals surface area contributed by atoms with Gasteiger partial charge in [-0.15, -0.1) is 0 Å². The number of carbonyl (C=O) groups excluding carboxylic acids is 2. The van der Waals surface area contributed by atoms with Crippen molar-refractivity contribution in [2.24, 2.45) is 16.7 Å². The standard InChI is InChI=1S/C17H23NO3/c1-11-7-5-6-8-13(11)18-14(19)12-9-10-17(4,15(20)21)16(12,2)3/h5-8,12H,9-10H2,1-4H3,(H,18,19)(H,20,21)/p-1/t12-,17-/m1/s1. The monoisotopic (exact) mass is 288 g/mol. The van der Waals surface area contributed by atoms with Crippen LogP contribution in [-0.4, -0.2) is 11.9 Å². The predicted octanol–water partition coefficient (Wildman–Crippen LogP) is 2.13. The second-order valence-corrected chi connectivity index (χ2v) is 6.74. The SMILES string of the molecule is Cc1ccccc1NC(=O)[C@H]1CC[C@](C)(C(=O)[O-])C1(C)C. The number of anilines is 1. The molecule has 1 aromatic carbocycles. The van der Waals surface area contributed by atoms with Crippen molar-refractivity contribution in [3.8, 4) is 0 Å². The van der Waals surface area contributed by atoms with Crippen LogP contribution >= 0.6 is 0 Å². The van der Waals surface area contributed by atoms with Crippen molar-refractivity contribution in [2.75, 3.05) is 5.32 Å². The van der Waals surface area contributed by atoms with E-state index >= 15 is 0 Å². The van der Waals surface area contributed by atoms with Gasteiger partial charge in [0.1, 0.15) is 0 Å². The van der Waals surface area contributed by atoms with Gasteiger partial charge in [-0.3, -0.25) is 4.79 Å². The summed E-state index contributed by atoms with van der Waals surface area (Å²) in [6.07, 6.45) is 1.03. The lowest BCUT2D eigenvalue weighted by atomic mass is 9.65. The highest BCUT2D eigenvalue weighted by Gasteiger charge is 2.54. The van der Waals surface area contributed by atoms with Crippen LogP contribution in [0.1, 0.15) is 39.2 Å². The first-order valence-electron chi connectivity index (χ1n) is 7.28. The zero-order chi connectivity index (χ0) is 15.8. The topological polar surface area (TPSA) is 69.2 Å². The van der Waals surface area contributed by atoms with E-state index in [1.807, 2.05) is 45.0 Å². The largest absolute Gasteiger partial charge is 0.550 e. The molecular formula is C17H22NO3-. The van der Waals surface area contributed by atoms with Crippen molar-refractivity contribution in [2.45, 2.75) is 40.5 Å². The molecule has 1 aliphatic carbocycles. The van der Waals surface area contributed by atoms with Crippen molar-refractivity contribution < 1.29 is 14.7 Å². The molecule has 0 saturated heterocycles. The number of para-hydroxylation sites is 1. The van der Waals surface area contributed by atoms with E-state index in [4.69, 9.17) is 0 Å². The van der Waals surface area contributed by atoms with Gasteiger partial charge >= 0.3 is 0 Å². The Labute approximate surface area is 125 Å². The Morgan fingerprint density at radius 3 is 2.38 bits per heavy atom. The Hall–Kier alpha value is -1.84. The first-order valence-corrected chi connectivity index (χ1v) is 7.28. The summed E-state index contributed by atoms with van der Waals surface area (Å²) in [6.45, 7) is 7.31. The van der Waals surface area contributed by atoms with Crippen molar-refractivity contribution in [3.05, 3.63) is 29.8 Å². The summed E-state index contributed by atoms with van der Waals surface area (Å²) in [5.74, 6) is -1.52. The van der Waals surface area contributed by atoms with Crippen LogP contribution < -0.4 is 10.4 Å². The Kier molecular flexibility index (Phi) is 3.83. The van der Waals surface area contributed by atoms with Gasteiger partial charge in [-0.25, -0.2) is 0 Å². The van der Waals surface area contributed by atoms with E-state index in [1.165, 1.54) is 0 Å². The van der Waals surface area contributed by atoms with E-state index in [2.05, 4.69) is 5.32 Å². The van der Waals surface area contributed by atoms with Crippen LogP contribution in [0.15, 0.2) is 24.3 Å². The molecule has 0 aliphatic heterocycles. The molecule has 0 radical (unpaired) electrons. The quantitative estimate of drug-likeness (QED) is 0.926. The van der Waals surface area contributed by atoms with E-state index in [9.17, 15) is 14.7 Å². The van der Waals surface area contributed by atoms with Gasteiger partial charge in [0.05, 0.1) is 0 Å². The normalized spacial score (nSPS) is 27.3. The molecule has 1 fully saturated rings. The van der Waals surface area contributed by atoms with E-state index < -0.39 is 16.8 Å². The number of hydrogen-bond acceptors (Lipinski definition) is 3. The fourth-order valence-electron chi connectivity index (χ4n) is 3.26. The minimum absolute atomic E-state index is 0.112. The van der Waals surface area contributed by atoms with Crippen LogP contribution in [0.3, 0.4) is 0 Å². The summed E-state index contributed by atoms with van der Waals surface area (Å²) < 4.78 is 0. The lowest BCUT2D eigenvalue weighted by molar-refractivity contribution is -0.323. The van der Waals surface area contributed by atoms with Crippen LogP contribution in [0.4, 0.5) is 5.69 Å². The molecule has 0 spiro atoms. The molecule has 0 unspecified atom stereocenters. The Morgan fingerprint density at radius 2 is 1.86 bits per heavy atom. The van der Waals surface area contributed by atoms with Crippen LogP contribution in [0.25, 0.3) is 0 Å². The minimum Gasteiger partial charge on any atom is -0.550 e. The van der Waals surface area contributed by atoms with Crippen molar-refractivity contribution >= 4 is 17.6 Å². The maximum atomic E-state index is 12.6. The molecule has 0 bridgehead atoms. The Bertz CT molecular complexity index is 579. The van der Waals surface area contributed by atoms with Crippen LogP contribution in [0, 0.1) is 23.7 Å². The fraction of sp³-hybridized carbons (Fsp3) is 0.529. The molecule has 2 rings (SSSR count). The van der Waals surface area contributed by atoms with Gasteiger partial charge in [0, 0.05) is 23.0 Å². The average Bonchev–Trinajstić information content (AvgIpc) is 2.64. The lowest BCUT2D eigenvalue weighted by Crippen LogP contribution is -2.49. The third kappa shape index (κ3) is 2.43. The van der Waals surface area contributed by atoms with Gasteiger partial charge in [0.15, 0.2) is 0 Å². The van der Waals surface area contributed by atoms with E-state index in [-0.39, 0.29) is 11.8 Å². The zero-order valence-electron chi connectivity index (χ0n) is 13.0. The van der Waals surface area contributed by atoms with E-state index in [0.29, 0.717) is 12.8 Å². The fourth-order valence-corrected chi connectivity index (χ4v) is 3.26. The summed E-state index contributed by atoms with van der Waals surface area (Å²) in [7, 11) is 0. The maximum Gasteiger partial charge on any atom is 0.228 e. The highest BCUT2D eigenvalue weighted by molar-refractivity contribution is 5.94. The molecule has 1 aromatic rings. The molecule has 2 atom stereocenters. The molecular weight excluding hydrogens is 266 g/mol. The molecule has 4 nitrogen and oxygen atoms in total. The van der Waals surface area contributed by atoms with Crippen molar-refractivity contribution in [1.29, 1.82) is 0 Å². The molecule has 1 saturated carbocycles. The molecule has 1 N–H and O–H groups in total. The predicted molar refractivity (Wildman–Crippen MR) is 79.4 cm³/mol.